The van der Waals surface area contributed by atoms with Gasteiger partial charge in [-0.15, -0.1) is 0 Å². The fourth-order valence-corrected chi connectivity index (χ4v) is 3.91. The number of amides is 1. The van der Waals surface area contributed by atoms with Crippen LogP contribution in [0.4, 0.5) is 0 Å². The number of hydrogen-bond acceptors (Lipinski definition) is 5. The van der Waals surface area contributed by atoms with E-state index in [1.54, 1.807) is 11.8 Å². The second kappa shape index (κ2) is 9.60. The van der Waals surface area contributed by atoms with Gasteiger partial charge in [0, 0.05) is 18.7 Å². The molecule has 2 aromatic carbocycles. The normalized spacial score (nSPS) is 14.4. The average molecular weight is 418 g/mol. The number of rotatable bonds is 6. The van der Waals surface area contributed by atoms with Gasteiger partial charge in [0.25, 0.3) is 5.91 Å². The molecule has 1 aliphatic rings. The van der Waals surface area contributed by atoms with E-state index in [1.165, 1.54) is 5.56 Å². The topological polar surface area (TPSA) is 72.6 Å². The standard InChI is InChI=1S/C25H26N2O4/c1-18-23(26-24(31-18)21-10-6-3-7-11-21)25(29)30-17-22(28)27-14-12-20(13-15-27)16-19-8-4-2-5-9-19/h2-11,20H,12-17H2,1H3. The molecule has 0 unspecified atom stereocenters. The molecule has 0 aliphatic carbocycles. The predicted molar refractivity (Wildman–Crippen MR) is 116 cm³/mol. The number of likely N-dealkylation sites (tertiary alicyclic amines) is 1. The van der Waals surface area contributed by atoms with E-state index in [4.69, 9.17) is 9.15 Å². The van der Waals surface area contributed by atoms with Gasteiger partial charge in [-0.2, -0.15) is 0 Å². The third kappa shape index (κ3) is 5.20. The molecule has 0 saturated carbocycles. The Kier molecular flexibility index (Phi) is 6.46. The van der Waals surface area contributed by atoms with Gasteiger partial charge in [-0.05, 0) is 49.8 Å². The van der Waals surface area contributed by atoms with Crippen LogP contribution in [0.5, 0.6) is 0 Å². The number of esters is 1. The van der Waals surface area contributed by atoms with E-state index >= 15 is 0 Å². The lowest BCUT2D eigenvalue weighted by molar-refractivity contribution is -0.135. The maximum absolute atomic E-state index is 12.5. The molecule has 1 fully saturated rings. The van der Waals surface area contributed by atoms with Crippen molar-refractivity contribution in [2.24, 2.45) is 5.92 Å². The molecule has 0 bridgehead atoms. The summed E-state index contributed by atoms with van der Waals surface area (Å²) in [6, 6.07) is 19.8. The van der Waals surface area contributed by atoms with Crippen LogP contribution in [0, 0.1) is 12.8 Å². The molecule has 31 heavy (non-hydrogen) atoms. The van der Waals surface area contributed by atoms with E-state index in [1.807, 2.05) is 36.4 Å². The number of nitrogens with zero attached hydrogens (tertiary/aromatic N) is 2. The van der Waals surface area contributed by atoms with E-state index in [0.717, 1.165) is 24.8 Å². The van der Waals surface area contributed by atoms with E-state index in [2.05, 4.69) is 29.2 Å². The Hall–Kier alpha value is -3.41. The van der Waals surface area contributed by atoms with Crippen molar-refractivity contribution in [2.75, 3.05) is 19.7 Å². The lowest BCUT2D eigenvalue weighted by Crippen LogP contribution is -2.41. The van der Waals surface area contributed by atoms with Crippen LogP contribution in [0.25, 0.3) is 11.5 Å². The molecule has 0 atom stereocenters. The maximum atomic E-state index is 12.5. The summed E-state index contributed by atoms with van der Waals surface area (Å²) in [5.74, 6) is 0.491. The van der Waals surface area contributed by atoms with Crippen LogP contribution in [-0.2, 0) is 16.0 Å². The molecular formula is C25H26N2O4. The van der Waals surface area contributed by atoms with Crippen LogP contribution in [0.2, 0.25) is 0 Å². The number of ether oxygens (including phenoxy) is 1. The first-order valence-electron chi connectivity index (χ1n) is 10.6. The third-order valence-electron chi connectivity index (χ3n) is 5.67. The maximum Gasteiger partial charge on any atom is 0.361 e. The van der Waals surface area contributed by atoms with Crippen molar-refractivity contribution in [1.82, 2.24) is 9.88 Å². The van der Waals surface area contributed by atoms with Gasteiger partial charge in [0.15, 0.2) is 12.3 Å². The van der Waals surface area contributed by atoms with Crippen LogP contribution in [0.3, 0.4) is 0 Å². The quantitative estimate of drug-likeness (QED) is 0.559. The summed E-state index contributed by atoms with van der Waals surface area (Å²) in [4.78, 5) is 31.0. The molecule has 0 spiro atoms. The average Bonchev–Trinajstić information content (AvgIpc) is 3.21. The molecule has 1 saturated heterocycles. The molecule has 6 nitrogen and oxygen atoms in total. The van der Waals surface area contributed by atoms with Crippen LogP contribution < -0.4 is 0 Å². The molecular weight excluding hydrogens is 392 g/mol. The minimum absolute atomic E-state index is 0.105. The number of benzene rings is 2. The number of carbonyl (C=O) groups excluding carboxylic acids is 2. The van der Waals surface area contributed by atoms with Crippen molar-refractivity contribution in [3.05, 3.63) is 77.7 Å². The summed E-state index contributed by atoms with van der Waals surface area (Å²) in [6.07, 6.45) is 2.95. The molecule has 4 rings (SSSR count). The second-order valence-corrected chi connectivity index (χ2v) is 7.88. The molecule has 1 amide bonds. The summed E-state index contributed by atoms with van der Waals surface area (Å²) in [7, 11) is 0. The SMILES string of the molecule is Cc1oc(-c2ccccc2)nc1C(=O)OCC(=O)N1CCC(Cc2ccccc2)CC1. The molecule has 0 N–H and O–H groups in total. The van der Waals surface area contributed by atoms with Gasteiger partial charge >= 0.3 is 5.97 Å². The third-order valence-corrected chi connectivity index (χ3v) is 5.67. The van der Waals surface area contributed by atoms with Gasteiger partial charge in [-0.1, -0.05) is 48.5 Å². The van der Waals surface area contributed by atoms with Crippen molar-refractivity contribution in [3.8, 4) is 11.5 Å². The summed E-state index contributed by atoms with van der Waals surface area (Å²) in [6.45, 7) is 2.76. The van der Waals surface area contributed by atoms with Gasteiger partial charge < -0.3 is 14.1 Å². The van der Waals surface area contributed by atoms with Gasteiger partial charge in [-0.3, -0.25) is 4.79 Å². The molecule has 1 aliphatic heterocycles. The number of aromatic nitrogens is 1. The van der Waals surface area contributed by atoms with Crippen molar-refractivity contribution < 1.29 is 18.7 Å². The highest BCUT2D eigenvalue weighted by atomic mass is 16.5. The lowest BCUT2D eigenvalue weighted by Gasteiger charge is -2.32. The highest BCUT2D eigenvalue weighted by molar-refractivity contribution is 5.91. The highest BCUT2D eigenvalue weighted by Gasteiger charge is 2.25. The zero-order chi connectivity index (χ0) is 21.6. The summed E-state index contributed by atoms with van der Waals surface area (Å²) >= 11 is 0. The first-order valence-corrected chi connectivity index (χ1v) is 10.6. The fraction of sp³-hybridized carbons (Fsp3) is 0.320. The van der Waals surface area contributed by atoms with E-state index in [9.17, 15) is 9.59 Å². The Labute approximate surface area is 181 Å². The number of piperidine rings is 1. The van der Waals surface area contributed by atoms with Crippen LogP contribution >= 0.6 is 0 Å². The zero-order valence-corrected chi connectivity index (χ0v) is 17.6. The largest absolute Gasteiger partial charge is 0.451 e. The van der Waals surface area contributed by atoms with E-state index < -0.39 is 5.97 Å². The minimum atomic E-state index is -0.643. The Morgan fingerprint density at radius 1 is 1.03 bits per heavy atom. The van der Waals surface area contributed by atoms with Gasteiger partial charge in [0.2, 0.25) is 5.89 Å². The molecule has 6 heteroatoms. The first kappa shape index (κ1) is 20.8. The Morgan fingerprint density at radius 3 is 2.35 bits per heavy atom. The van der Waals surface area contributed by atoms with E-state index in [0.29, 0.717) is 30.7 Å². The number of hydrogen-bond donors (Lipinski definition) is 0. The Bertz CT molecular complexity index is 1020. The zero-order valence-electron chi connectivity index (χ0n) is 17.6. The van der Waals surface area contributed by atoms with Crippen molar-refractivity contribution in [1.29, 1.82) is 0 Å². The number of carbonyl (C=O) groups is 2. The van der Waals surface area contributed by atoms with Gasteiger partial charge in [-0.25, -0.2) is 9.78 Å². The molecule has 2 heterocycles. The Balaban J connectivity index is 1.26. The van der Waals surface area contributed by atoms with Crippen LogP contribution in [-0.4, -0.2) is 41.5 Å². The summed E-state index contributed by atoms with van der Waals surface area (Å²) in [5, 5.41) is 0. The van der Waals surface area contributed by atoms with Crippen molar-refractivity contribution >= 4 is 11.9 Å². The monoisotopic (exact) mass is 418 g/mol. The first-order chi connectivity index (χ1) is 15.1. The molecule has 1 aromatic heterocycles. The fourth-order valence-electron chi connectivity index (χ4n) is 3.91. The van der Waals surface area contributed by atoms with Crippen LogP contribution in [0.1, 0.15) is 34.7 Å². The molecule has 3 aromatic rings. The molecule has 160 valence electrons. The number of oxazole rings is 1. The van der Waals surface area contributed by atoms with Gasteiger partial charge in [0.1, 0.15) is 5.76 Å². The van der Waals surface area contributed by atoms with E-state index in [-0.39, 0.29) is 18.2 Å². The van der Waals surface area contributed by atoms with Crippen molar-refractivity contribution in [3.63, 3.8) is 0 Å². The summed E-state index contributed by atoms with van der Waals surface area (Å²) < 4.78 is 10.8. The molecule has 0 radical (unpaired) electrons. The second-order valence-electron chi connectivity index (χ2n) is 7.88. The van der Waals surface area contributed by atoms with Crippen LogP contribution in [0.15, 0.2) is 65.1 Å². The smallest absolute Gasteiger partial charge is 0.361 e. The minimum Gasteiger partial charge on any atom is -0.451 e. The summed E-state index contributed by atoms with van der Waals surface area (Å²) in [5.41, 5.74) is 2.21. The lowest BCUT2D eigenvalue weighted by atomic mass is 9.90. The Morgan fingerprint density at radius 2 is 1.68 bits per heavy atom. The highest BCUT2D eigenvalue weighted by Crippen LogP contribution is 2.23. The predicted octanol–water partition coefficient (Wildman–Crippen LogP) is 4.29. The van der Waals surface area contributed by atoms with Crippen molar-refractivity contribution in [2.45, 2.75) is 26.2 Å². The van der Waals surface area contributed by atoms with Gasteiger partial charge in [0.05, 0.1) is 0 Å². The number of aryl methyl sites for hydroxylation is 1.